The number of benzene rings is 4. The van der Waals surface area contributed by atoms with E-state index in [1.54, 1.807) is 37.2 Å². The lowest BCUT2D eigenvalue weighted by Crippen LogP contribution is -2.17. The molecule has 444 valence electrons. The molecule has 0 radical (unpaired) electrons. The van der Waals surface area contributed by atoms with Crippen LogP contribution in [0.1, 0.15) is 62.3 Å². The number of halogens is 4. The van der Waals surface area contributed by atoms with E-state index < -0.39 is 5.78 Å². The molecule has 0 spiro atoms. The number of imidazole rings is 4. The summed E-state index contributed by atoms with van der Waals surface area (Å²) >= 11 is 15.0. The van der Waals surface area contributed by atoms with Gasteiger partial charge in [0.25, 0.3) is 0 Å². The van der Waals surface area contributed by atoms with E-state index in [4.69, 9.17) is 29.9 Å². The summed E-state index contributed by atoms with van der Waals surface area (Å²) in [6, 6.07) is 27.2. The molecule has 19 nitrogen and oxygen atoms in total. The zero-order valence-corrected chi connectivity index (χ0v) is 55.0. The van der Waals surface area contributed by atoms with Gasteiger partial charge in [-0.3, -0.25) is 33.0 Å². The molecule has 23 heteroatoms. The number of hydrogen-bond acceptors (Lipinski definition) is 15. The van der Waals surface area contributed by atoms with Gasteiger partial charge in [-0.15, -0.1) is 0 Å². The van der Waals surface area contributed by atoms with Gasteiger partial charge in [0.05, 0.1) is 123 Å². The molecule has 0 aliphatic heterocycles. The molecule has 86 heavy (non-hydrogen) atoms. The zero-order valence-electron chi connectivity index (χ0n) is 48.7. The van der Waals surface area contributed by atoms with Crippen molar-refractivity contribution in [2.24, 2.45) is 0 Å². The first-order chi connectivity index (χ1) is 41.3. The van der Waals surface area contributed by atoms with Crippen molar-refractivity contribution in [3.05, 3.63) is 197 Å². The number of aromatic nitrogens is 10. The van der Waals surface area contributed by atoms with E-state index in [1.807, 2.05) is 179 Å². The lowest BCUT2D eigenvalue weighted by atomic mass is 9.91. The Balaban J connectivity index is 1.29. The predicted molar refractivity (Wildman–Crippen MR) is 346 cm³/mol. The van der Waals surface area contributed by atoms with Crippen molar-refractivity contribution >= 4 is 69.5 Å². The van der Waals surface area contributed by atoms with Gasteiger partial charge in [0.1, 0.15) is 34.7 Å². The summed E-state index contributed by atoms with van der Waals surface area (Å²) in [6.45, 7) is 0.577. The summed E-state index contributed by atoms with van der Waals surface area (Å²) in [5.41, 5.74) is 9.84. The number of carbonyl (C=O) groups is 1. The van der Waals surface area contributed by atoms with Crippen LogP contribution in [0.2, 0.25) is 0 Å². The third kappa shape index (κ3) is 12.8. The summed E-state index contributed by atoms with van der Waals surface area (Å²) in [5.74, 6) is 2.19. The molecule has 0 saturated heterocycles. The Bertz CT molecular complexity index is 3890. The van der Waals surface area contributed by atoms with Gasteiger partial charge >= 0.3 is 0 Å². The van der Waals surface area contributed by atoms with E-state index in [0.717, 1.165) is 29.0 Å². The van der Waals surface area contributed by atoms with Crippen molar-refractivity contribution in [3.63, 3.8) is 0 Å². The van der Waals surface area contributed by atoms with Crippen LogP contribution in [0.25, 0.3) is 67.3 Å². The first-order valence-corrected chi connectivity index (χ1v) is 30.5. The highest BCUT2D eigenvalue weighted by molar-refractivity contribution is 9.11. The fourth-order valence-corrected chi connectivity index (χ4v) is 12.1. The third-order valence-electron chi connectivity index (χ3n) is 14.3. The molecule has 10 rings (SSSR count). The first kappa shape index (κ1) is 62.3. The van der Waals surface area contributed by atoms with E-state index in [9.17, 15) is 20.4 Å². The first-order valence-electron chi connectivity index (χ1n) is 27.3. The van der Waals surface area contributed by atoms with Crippen LogP contribution in [0.15, 0.2) is 140 Å². The molecule has 0 atom stereocenters. The van der Waals surface area contributed by atoms with E-state index >= 15 is 4.79 Å². The van der Waals surface area contributed by atoms with Gasteiger partial charge in [-0.05, 0) is 117 Å². The number of rotatable bonds is 22. The van der Waals surface area contributed by atoms with Gasteiger partial charge in [0, 0.05) is 74.8 Å². The minimum atomic E-state index is -0.512. The Hall–Kier alpha value is -6.71. The Morgan fingerprint density at radius 3 is 0.872 bits per heavy atom. The van der Waals surface area contributed by atoms with E-state index in [0.29, 0.717) is 128 Å². The second kappa shape index (κ2) is 26.7. The molecule has 0 unspecified atom stereocenters. The number of aliphatic hydroxyl groups is 4. The Morgan fingerprint density at radius 2 is 0.616 bits per heavy atom. The molecule has 10 aromatic rings. The van der Waals surface area contributed by atoms with E-state index in [1.165, 1.54) is 0 Å². The minimum absolute atomic E-state index is 0.0681. The zero-order chi connectivity index (χ0) is 61.2. The molecule has 4 aromatic carbocycles. The third-order valence-corrected chi connectivity index (χ3v) is 16.3. The molecule has 6 aromatic heterocycles. The van der Waals surface area contributed by atoms with E-state index in [2.05, 4.69) is 63.7 Å². The lowest BCUT2D eigenvalue weighted by Gasteiger charge is -2.22. The maximum atomic E-state index is 16.6. The van der Waals surface area contributed by atoms with Crippen molar-refractivity contribution in [1.82, 2.24) is 67.8 Å². The number of aliphatic hydroxyl groups excluding tert-OH is 4. The largest absolute Gasteiger partial charge is 0.390 e. The Kier molecular flexibility index (Phi) is 19.4. The normalized spacial score (nSPS) is 11.9. The fourth-order valence-electron chi connectivity index (χ4n) is 10.7. The lowest BCUT2D eigenvalue weighted by molar-refractivity contribution is 0.103. The Labute approximate surface area is 532 Å². The highest BCUT2D eigenvalue weighted by Gasteiger charge is 2.30. The number of hydrogen-bond donors (Lipinski definition) is 4. The van der Waals surface area contributed by atoms with Gasteiger partial charge in [-0.25, -0.2) is 19.9 Å². The van der Waals surface area contributed by atoms with Gasteiger partial charge < -0.3 is 40.0 Å². The molecule has 0 fully saturated rings. The SMILES string of the molecule is CN(C)Cc1ncc(CO)n1-c1cc(Br)ccc1-c1cnc(C(=O)c2ncc(-c3ccc(Br)cc3-n3c(CO)cnc3CN(C)C)cc2-c2ccc(Br)cc2-n2c(CO)cnc2CN(C)C)c(-c2ccc(Br)cc2-n2c(CO)cnc2CN(C)C)c1. The van der Waals surface area contributed by atoms with Gasteiger partial charge in [0.15, 0.2) is 0 Å². The highest BCUT2D eigenvalue weighted by atomic mass is 79.9. The fraction of sp³-hybridized carbons (Fsp3) is 0.254. The van der Waals surface area contributed by atoms with Crippen LogP contribution in [-0.2, 0) is 52.6 Å². The van der Waals surface area contributed by atoms with Crippen LogP contribution in [0.5, 0.6) is 0 Å². The van der Waals surface area contributed by atoms with Crippen LogP contribution >= 0.6 is 63.7 Å². The van der Waals surface area contributed by atoms with Gasteiger partial charge in [-0.2, -0.15) is 0 Å². The number of carbonyl (C=O) groups excluding carboxylic acids is 1. The van der Waals surface area contributed by atoms with Gasteiger partial charge in [0.2, 0.25) is 5.78 Å². The standard InChI is InChI=1S/C63H64Br4N14O5/c1-74(2)29-57-68-25-43(33-82)78(57)53-19-39(64)9-13-47(53)37-17-51(49-15-11-41(66)21-55(49)80-45(35-84)27-70-59(80)31-76(5)6)61(72-23-37)63(86)62-52(50-16-12-42(67)22-56(50)81-46(36-85)28-71-60(81)32-77(7)8)18-38(24-73-62)48-14-10-40(65)20-54(48)79-44(34-83)26-69-58(79)30-75(3)4/h9-28,82-85H,29-36H2,1-8H3. The van der Waals surface area contributed by atoms with Crippen molar-refractivity contribution < 1.29 is 25.2 Å². The van der Waals surface area contributed by atoms with E-state index in [-0.39, 0.29) is 37.8 Å². The van der Waals surface area contributed by atoms with Gasteiger partial charge in [-0.1, -0.05) is 88.0 Å². The summed E-state index contributed by atoms with van der Waals surface area (Å²) in [7, 11) is 15.6. The van der Waals surface area contributed by atoms with Crippen LogP contribution in [0, 0.1) is 0 Å². The summed E-state index contributed by atoms with van der Waals surface area (Å²) in [6.07, 6.45) is 10.0. The molecule has 0 aliphatic rings. The van der Waals surface area contributed by atoms with Crippen LogP contribution in [0.4, 0.5) is 0 Å². The minimum Gasteiger partial charge on any atom is -0.390 e. The smallest absolute Gasteiger partial charge is 0.230 e. The number of pyridine rings is 2. The highest BCUT2D eigenvalue weighted by Crippen LogP contribution is 2.42. The molecular formula is C63H64Br4N14O5. The summed E-state index contributed by atoms with van der Waals surface area (Å²) < 4.78 is 10.8. The summed E-state index contributed by atoms with van der Waals surface area (Å²) in [4.78, 5) is 54.2. The summed E-state index contributed by atoms with van der Waals surface area (Å²) in [5, 5.41) is 43.5. The monoisotopic (exact) mass is 1410 g/mol. The molecule has 4 N–H and O–H groups in total. The van der Waals surface area contributed by atoms with Crippen LogP contribution < -0.4 is 0 Å². The predicted octanol–water partition coefficient (Wildman–Crippen LogP) is 10.4. The molecule has 6 heterocycles. The average Bonchev–Trinajstić information content (AvgIpc) is 1.20. The van der Waals surface area contributed by atoms with Crippen LogP contribution in [0.3, 0.4) is 0 Å². The molecule has 0 saturated carbocycles. The van der Waals surface area contributed by atoms with Crippen molar-refractivity contribution in [2.75, 3.05) is 56.4 Å². The topological polar surface area (TPSA) is 208 Å². The molecular weight excluding hydrogens is 1350 g/mol. The quantitative estimate of drug-likeness (QED) is 0.0466. The molecule has 0 aliphatic carbocycles. The van der Waals surface area contributed by atoms with Crippen molar-refractivity contribution in [3.8, 4) is 67.3 Å². The molecule has 0 bridgehead atoms. The van der Waals surface area contributed by atoms with Crippen molar-refractivity contribution in [2.45, 2.75) is 52.6 Å². The molecule has 0 amide bonds. The number of ketones is 1. The maximum Gasteiger partial charge on any atom is 0.230 e. The Morgan fingerprint density at radius 1 is 0.360 bits per heavy atom. The second-order valence-corrected chi connectivity index (χ2v) is 25.5. The average molecular weight is 1420 g/mol. The van der Waals surface area contributed by atoms with Crippen LogP contribution in [-0.4, -0.2) is 150 Å². The maximum absolute atomic E-state index is 16.6. The number of nitrogens with zero attached hydrogens (tertiary/aromatic N) is 14. The second-order valence-electron chi connectivity index (χ2n) is 21.8. The van der Waals surface area contributed by atoms with Crippen molar-refractivity contribution in [1.29, 1.82) is 0 Å².